The van der Waals surface area contributed by atoms with Gasteiger partial charge in [-0.3, -0.25) is 14.9 Å². The molecule has 22 heavy (non-hydrogen) atoms. The lowest BCUT2D eigenvalue weighted by Crippen LogP contribution is -2.12. The lowest BCUT2D eigenvalue weighted by atomic mass is 10.0. The molecule has 0 fully saturated rings. The minimum absolute atomic E-state index is 0.0309. The fourth-order valence-corrected chi connectivity index (χ4v) is 2.02. The number of carbonyl (C=O) groups excluding carboxylic acids is 1. The predicted octanol–water partition coefficient (Wildman–Crippen LogP) is 3.55. The van der Waals surface area contributed by atoms with Crippen LogP contribution in [0.5, 0.6) is 0 Å². The number of hydrogen-bond donors (Lipinski definition) is 2. The van der Waals surface area contributed by atoms with E-state index in [0.29, 0.717) is 11.6 Å². The highest BCUT2D eigenvalue weighted by molar-refractivity contribution is 6.05. The molecule has 0 saturated carbocycles. The molecule has 0 spiro atoms. The molecule has 2 aromatic carbocycles. The number of carbonyl (C=O) groups is 1. The number of amides is 1. The molecule has 6 nitrogen and oxygen atoms in total. The molecule has 1 amide bonds. The monoisotopic (exact) mass is 299 g/mol. The van der Waals surface area contributed by atoms with Crippen molar-refractivity contribution in [2.24, 2.45) is 0 Å². The Balaban J connectivity index is 2.24. The molecule has 3 N–H and O–H groups in total. The van der Waals surface area contributed by atoms with Crippen molar-refractivity contribution in [2.45, 2.75) is 19.8 Å². The summed E-state index contributed by atoms with van der Waals surface area (Å²) in [7, 11) is 0. The van der Waals surface area contributed by atoms with Gasteiger partial charge in [-0.2, -0.15) is 0 Å². The van der Waals surface area contributed by atoms with Crippen LogP contribution in [0.3, 0.4) is 0 Å². The zero-order chi connectivity index (χ0) is 16.3. The van der Waals surface area contributed by atoms with Gasteiger partial charge in [0.25, 0.3) is 11.6 Å². The second-order valence-electron chi connectivity index (χ2n) is 5.26. The third kappa shape index (κ3) is 3.41. The van der Waals surface area contributed by atoms with Crippen LogP contribution in [-0.4, -0.2) is 10.8 Å². The van der Waals surface area contributed by atoms with Crippen molar-refractivity contribution < 1.29 is 9.72 Å². The van der Waals surface area contributed by atoms with E-state index in [1.165, 1.54) is 18.2 Å². The van der Waals surface area contributed by atoms with E-state index in [0.717, 1.165) is 5.56 Å². The first kappa shape index (κ1) is 15.5. The summed E-state index contributed by atoms with van der Waals surface area (Å²) in [5, 5.41) is 13.6. The maximum atomic E-state index is 12.2. The molecule has 0 unspecified atom stereocenters. The van der Waals surface area contributed by atoms with E-state index in [1.54, 1.807) is 6.07 Å². The Hall–Kier alpha value is -2.89. The molecule has 6 heteroatoms. The van der Waals surface area contributed by atoms with E-state index in [2.05, 4.69) is 19.2 Å². The zero-order valence-electron chi connectivity index (χ0n) is 12.4. The van der Waals surface area contributed by atoms with E-state index in [-0.39, 0.29) is 16.9 Å². The van der Waals surface area contributed by atoms with Gasteiger partial charge in [0.15, 0.2) is 0 Å². The fraction of sp³-hybridized carbons (Fsp3) is 0.188. The van der Waals surface area contributed by atoms with Crippen LogP contribution in [0.1, 0.15) is 35.7 Å². The van der Waals surface area contributed by atoms with Gasteiger partial charge in [-0.05, 0) is 35.7 Å². The Bertz CT molecular complexity index is 726. The van der Waals surface area contributed by atoms with Gasteiger partial charge < -0.3 is 11.1 Å². The molecule has 0 atom stereocenters. The standard InChI is InChI=1S/C16H17N3O3/c1-10(2)11-4-3-5-13(8-11)18-16(20)12-6-7-14(17)15(9-12)19(21)22/h3-10H,17H2,1-2H3,(H,18,20). The van der Waals surface area contributed by atoms with Crippen LogP contribution in [0.2, 0.25) is 0 Å². The molecular weight excluding hydrogens is 282 g/mol. The molecule has 0 aliphatic heterocycles. The summed E-state index contributed by atoms with van der Waals surface area (Å²) in [4.78, 5) is 22.5. The molecule has 2 aromatic rings. The quantitative estimate of drug-likeness (QED) is 0.512. The number of nitrogens with one attached hydrogen (secondary N) is 1. The molecule has 0 radical (unpaired) electrons. The zero-order valence-corrected chi connectivity index (χ0v) is 12.4. The summed E-state index contributed by atoms with van der Waals surface area (Å²) in [5.41, 5.74) is 7.22. The van der Waals surface area contributed by atoms with Gasteiger partial charge >= 0.3 is 0 Å². The van der Waals surface area contributed by atoms with Crippen LogP contribution in [0, 0.1) is 10.1 Å². The first-order valence-corrected chi connectivity index (χ1v) is 6.83. The minimum Gasteiger partial charge on any atom is -0.393 e. The summed E-state index contributed by atoms with van der Waals surface area (Å²) in [5.74, 6) is -0.0709. The van der Waals surface area contributed by atoms with Gasteiger partial charge in [0.2, 0.25) is 0 Å². The van der Waals surface area contributed by atoms with Crippen molar-refractivity contribution >= 4 is 23.0 Å². The molecule has 114 valence electrons. The van der Waals surface area contributed by atoms with E-state index in [1.807, 2.05) is 18.2 Å². The van der Waals surface area contributed by atoms with E-state index >= 15 is 0 Å². The number of nitrogen functional groups attached to an aromatic ring is 1. The molecule has 0 aliphatic rings. The van der Waals surface area contributed by atoms with Crippen LogP contribution in [0.15, 0.2) is 42.5 Å². The van der Waals surface area contributed by atoms with E-state index in [9.17, 15) is 14.9 Å². The fourth-order valence-electron chi connectivity index (χ4n) is 2.02. The summed E-state index contributed by atoms with van der Waals surface area (Å²) in [6.45, 7) is 4.12. The van der Waals surface area contributed by atoms with Crippen LogP contribution < -0.4 is 11.1 Å². The van der Waals surface area contributed by atoms with Crippen molar-refractivity contribution in [2.75, 3.05) is 11.1 Å². The number of nitrogens with zero attached hydrogens (tertiary/aromatic N) is 1. The molecule has 0 saturated heterocycles. The Labute approximate surface area is 128 Å². The molecule has 0 bridgehead atoms. The third-order valence-corrected chi connectivity index (χ3v) is 3.30. The topological polar surface area (TPSA) is 98.3 Å². The average molecular weight is 299 g/mol. The summed E-state index contributed by atoms with van der Waals surface area (Å²) >= 11 is 0. The summed E-state index contributed by atoms with van der Waals surface area (Å²) < 4.78 is 0. The number of nitro groups is 1. The van der Waals surface area contributed by atoms with Gasteiger partial charge in [-0.15, -0.1) is 0 Å². The van der Waals surface area contributed by atoms with Crippen molar-refractivity contribution in [3.63, 3.8) is 0 Å². The van der Waals surface area contributed by atoms with Crippen molar-refractivity contribution in [3.05, 3.63) is 63.7 Å². The van der Waals surface area contributed by atoms with Gasteiger partial charge in [-0.1, -0.05) is 26.0 Å². The van der Waals surface area contributed by atoms with Crippen LogP contribution in [0.4, 0.5) is 17.1 Å². The van der Waals surface area contributed by atoms with Gasteiger partial charge in [0.05, 0.1) is 4.92 Å². The van der Waals surface area contributed by atoms with E-state index < -0.39 is 10.8 Å². The first-order chi connectivity index (χ1) is 10.4. The number of hydrogen-bond acceptors (Lipinski definition) is 4. The van der Waals surface area contributed by atoms with Gasteiger partial charge in [-0.25, -0.2) is 0 Å². The smallest absolute Gasteiger partial charge is 0.292 e. The van der Waals surface area contributed by atoms with Gasteiger partial charge in [0, 0.05) is 17.3 Å². The number of nitrogens with two attached hydrogens (primary N) is 1. The number of benzene rings is 2. The number of nitro benzene ring substituents is 1. The second kappa shape index (κ2) is 6.26. The van der Waals surface area contributed by atoms with Crippen LogP contribution in [-0.2, 0) is 0 Å². The Morgan fingerprint density at radius 2 is 1.95 bits per heavy atom. The second-order valence-corrected chi connectivity index (χ2v) is 5.26. The minimum atomic E-state index is -0.606. The highest BCUT2D eigenvalue weighted by Crippen LogP contribution is 2.23. The number of anilines is 2. The maximum absolute atomic E-state index is 12.2. The van der Waals surface area contributed by atoms with E-state index in [4.69, 9.17) is 5.73 Å². The van der Waals surface area contributed by atoms with Crippen molar-refractivity contribution in [3.8, 4) is 0 Å². The Morgan fingerprint density at radius 1 is 1.23 bits per heavy atom. The predicted molar refractivity (Wildman–Crippen MR) is 86.0 cm³/mol. The largest absolute Gasteiger partial charge is 0.393 e. The SMILES string of the molecule is CC(C)c1cccc(NC(=O)c2ccc(N)c([N+](=O)[O-])c2)c1. The molecule has 0 aliphatic carbocycles. The lowest BCUT2D eigenvalue weighted by Gasteiger charge is -2.10. The molecular formula is C16H17N3O3. The van der Waals surface area contributed by atoms with Crippen LogP contribution in [0.25, 0.3) is 0 Å². The average Bonchev–Trinajstić information content (AvgIpc) is 2.47. The van der Waals surface area contributed by atoms with Crippen LogP contribution >= 0.6 is 0 Å². The Morgan fingerprint density at radius 3 is 2.59 bits per heavy atom. The summed E-state index contributed by atoms with van der Waals surface area (Å²) in [6.07, 6.45) is 0. The third-order valence-electron chi connectivity index (χ3n) is 3.30. The lowest BCUT2D eigenvalue weighted by molar-refractivity contribution is -0.383. The summed E-state index contributed by atoms with van der Waals surface area (Å²) in [6, 6.07) is 11.5. The maximum Gasteiger partial charge on any atom is 0.292 e. The number of rotatable bonds is 4. The van der Waals surface area contributed by atoms with Crippen molar-refractivity contribution in [1.29, 1.82) is 0 Å². The highest BCUT2D eigenvalue weighted by Gasteiger charge is 2.16. The van der Waals surface area contributed by atoms with Crippen molar-refractivity contribution in [1.82, 2.24) is 0 Å². The first-order valence-electron chi connectivity index (χ1n) is 6.83. The molecule has 0 heterocycles. The Kier molecular flexibility index (Phi) is 4.41. The molecule has 0 aromatic heterocycles. The molecule has 2 rings (SSSR count). The van der Waals surface area contributed by atoms with Gasteiger partial charge in [0.1, 0.15) is 5.69 Å². The normalized spacial score (nSPS) is 10.5. The highest BCUT2D eigenvalue weighted by atomic mass is 16.6.